The maximum atomic E-state index is 12.0. The quantitative estimate of drug-likeness (QED) is 0.0642. The van der Waals surface area contributed by atoms with Gasteiger partial charge in [0.15, 0.2) is 16.6 Å². The summed E-state index contributed by atoms with van der Waals surface area (Å²) in [7, 11) is -5.98. The predicted octanol–water partition coefficient (Wildman–Crippen LogP) is 12.4. The van der Waals surface area contributed by atoms with Gasteiger partial charge in [-0.25, -0.2) is 0 Å². The minimum Gasteiger partial charge on any atom is -0.414 e. The minimum absolute atomic E-state index is 0.0540. The number of carbonyl (C=O) groups is 1. The first-order valence-corrected chi connectivity index (χ1v) is 27.0. The number of carbonyl (C=O) groups excluding carboxylic acids is 1. The van der Waals surface area contributed by atoms with Gasteiger partial charge in [0.25, 0.3) is 0 Å². The normalized spacial score (nSPS) is 19.3. The molecule has 0 rings (SSSR count). The Morgan fingerprint density at radius 1 is 0.696 bits per heavy atom. The van der Waals surface area contributed by atoms with Crippen molar-refractivity contribution in [3.05, 3.63) is 24.8 Å². The molecule has 0 saturated carbocycles. The molecule has 0 heterocycles. The van der Waals surface area contributed by atoms with Crippen molar-refractivity contribution in [2.45, 2.75) is 189 Å². The largest absolute Gasteiger partial charge is 0.414 e. The SMILES string of the molecule is C=C/C=C\[C@H](C)[C@H](O[Si](C)(C)C)[C@@H](C)[C@@H](CC[C@H](C)C[C@H](C)[C@@H](O[Si](C)(C)C(C)(C)C)[C@@H](C)C=O)O[Si](C(C)C)(C(C)C)C(C)C. The molecule has 0 aliphatic carbocycles. The third-order valence-corrected chi connectivity index (χ3v) is 22.6. The number of hydrogen-bond acceptors (Lipinski definition) is 4. The van der Waals surface area contributed by atoms with E-state index in [4.69, 9.17) is 13.3 Å². The third-order valence-electron chi connectivity index (χ3n) is 11.0. The summed E-state index contributed by atoms with van der Waals surface area (Å²) in [6, 6.07) is 0. The van der Waals surface area contributed by atoms with Crippen LogP contribution in [0.15, 0.2) is 24.8 Å². The lowest BCUT2D eigenvalue weighted by Gasteiger charge is -2.48. The summed E-state index contributed by atoms with van der Waals surface area (Å²) < 4.78 is 21.6. The van der Waals surface area contributed by atoms with Crippen molar-refractivity contribution < 1.29 is 18.1 Å². The molecule has 0 bridgehead atoms. The lowest BCUT2D eigenvalue weighted by molar-refractivity contribution is -0.114. The Hall–Kier alpha value is -0.319. The summed E-state index contributed by atoms with van der Waals surface area (Å²) in [5, 5.41) is 0.103. The van der Waals surface area contributed by atoms with Crippen LogP contribution >= 0.6 is 0 Å². The summed E-state index contributed by atoms with van der Waals surface area (Å²) in [6.07, 6.45) is 10.5. The molecule has 0 fully saturated rings. The van der Waals surface area contributed by atoms with Gasteiger partial charge in [0.05, 0.1) is 18.3 Å². The number of aldehydes is 1. The van der Waals surface area contributed by atoms with Gasteiger partial charge < -0.3 is 18.1 Å². The standard InChI is InChI=1S/C39H80O4Si3/c1-21-22-23-32(9)38(42-44(16,17)18)35(12)36(41-46(28(2)3,29(4)5)30(6)7)25-24-31(8)26-33(10)37(34(11)27-40)43-45(19,20)39(13,14)15/h21-23,27-38H,1,24-26H2,2-20H3/b23-22-/t31-,32-,33-,34-,35-,36+,37+,38-/m0/s1. The first kappa shape index (κ1) is 45.7. The van der Waals surface area contributed by atoms with Crippen LogP contribution in [-0.2, 0) is 18.1 Å². The van der Waals surface area contributed by atoms with Crippen LogP contribution in [0.3, 0.4) is 0 Å². The molecule has 7 heteroatoms. The fourth-order valence-electron chi connectivity index (χ4n) is 7.45. The topological polar surface area (TPSA) is 44.8 Å². The smallest absolute Gasteiger partial charge is 0.200 e. The molecule has 0 N–H and O–H groups in total. The van der Waals surface area contributed by atoms with Gasteiger partial charge in [0.2, 0.25) is 8.32 Å². The lowest BCUT2D eigenvalue weighted by atomic mass is 9.83. The molecule has 46 heavy (non-hydrogen) atoms. The van der Waals surface area contributed by atoms with Crippen molar-refractivity contribution in [1.82, 2.24) is 0 Å². The molecule has 0 aromatic rings. The predicted molar refractivity (Wildman–Crippen MR) is 211 cm³/mol. The highest BCUT2D eigenvalue weighted by molar-refractivity contribution is 6.77. The average molecular weight is 697 g/mol. The molecular weight excluding hydrogens is 617 g/mol. The van der Waals surface area contributed by atoms with Crippen LogP contribution in [0.4, 0.5) is 0 Å². The van der Waals surface area contributed by atoms with Crippen LogP contribution in [0.2, 0.25) is 54.4 Å². The second-order valence-corrected chi connectivity index (χ2v) is 32.9. The monoisotopic (exact) mass is 697 g/mol. The molecule has 0 aliphatic heterocycles. The van der Waals surface area contributed by atoms with E-state index in [-0.39, 0.29) is 41.1 Å². The Morgan fingerprint density at radius 3 is 1.59 bits per heavy atom. The van der Waals surface area contributed by atoms with E-state index in [0.717, 1.165) is 25.5 Å². The summed E-state index contributed by atoms with van der Waals surface area (Å²) >= 11 is 0. The summed E-state index contributed by atoms with van der Waals surface area (Å²) in [5.74, 6) is 1.17. The molecule has 0 amide bonds. The highest BCUT2D eigenvalue weighted by Gasteiger charge is 2.48. The summed E-state index contributed by atoms with van der Waals surface area (Å²) in [6.45, 7) is 48.0. The van der Waals surface area contributed by atoms with Gasteiger partial charge in [-0.15, -0.1) is 0 Å². The van der Waals surface area contributed by atoms with E-state index in [9.17, 15) is 4.79 Å². The van der Waals surface area contributed by atoms with Crippen LogP contribution in [-0.4, -0.2) is 49.6 Å². The molecule has 0 radical (unpaired) electrons. The van der Waals surface area contributed by atoms with Crippen molar-refractivity contribution in [2.24, 2.45) is 29.6 Å². The van der Waals surface area contributed by atoms with Gasteiger partial charge in [-0.1, -0.05) is 122 Å². The van der Waals surface area contributed by atoms with Crippen LogP contribution in [0, 0.1) is 29.6 Å². The second-order valence-electron chi connectivity index (χ2n) is 18.2. The van der Waals surface area contributed by atoms with Gasteiger partial charge >= 0.3 is 0 Å². The van der Waals surface area contributed by atoms with Gasteiger partial charge in [0.1, 0.15) is 6.29 Å². The average Bonchev–Trinajstić information content (AvgIpc) is 2.90. The number of allylic oxidation sites excluding steroid dienone is 2. The second kappa shape index (κ2) is 19.2. The van der Waals surface area contributed by atoms with Crippen LogP contribution in [0.1, 0.15) is 116 Å². The van der Waals surface area contributed by atoms with Crippen molar-refractivity contribution in [1.29, 1.82) is 0 Å². The van der Waals surface area contributed by atoms with Crippen LogP contribution in [0.25, 0.3) is 0 Å². The van der Waals surface area contributed by atoms with Gasteiger partial charge in [-0.2, -0.15) is 0 Å². The van der Waals surface area contributed by atoms with E-state index >= 15 is 0 Å². The van der Waals surface area contributed by atoms with Gasteiger partial charge in [-0.05, 0) is 91.4 Å². The lowest BCUT2D eigenvalue weighted by Crippen LogP contribution is -2.53. The van der Waals surface area contributed by atoms with E-state index in [1.165, 1.54) is 0 Å². The van der Waals surface area contributed by atoms with E-state index in [0.29, 0.717) is 28.5 Å². The third kappa shape index (κ3) is 13.5. The molecule has 0 aromatic heterocycles. The van der Waals surface area contributed by atoms with E-state index in [1.54, 1.807) is 0 Å². The van der Waals surface area contributed by atoms with E-state index < -0.39 is 25.0 Å². The molecule has 8 atom stereocenters. The Bertz CT molecular complexity index is 893. The number of hydrogen-bond donors (Lipinski definition) is 0. The van der Waals surface area contributed by atoms with Crippen LogP contribution < -0.4 is 0 Å². The van der Waals surface area contributed by atoms with Crippen LogP contribution in [0.5, 0.6) is 0 Å². The van der Waals surface area contributed by atoms with Crippen molar-refractivity contribution in [2.75, 3.05) is 0 Å². The van der Waals surface area contributed by atoms with Crippen molar-refractivity contribution >= 4 is 31.2 Å². The number of rotatable bonds is 22. The maximum absolute atomic E-state index is 12.0. The Labute approximate surface area is 291 Å². The molecule has 272 valence electrons. The van der Waals surface area contributed by atoms with Crippen molar-refractivity contribution in [3.63, 3.8) is 0 Å². The van der Waals surface area contributed by atoms with Gasteiger partial charge in [0, 0.05) is 11.8 Å². The fraction of sp³-hybridized carbons (Fsp3) is 0.872. The molecule has 0 aromatic carbocycles. The molecule has 0 aliphatic rings. The zero-order valence-electron chi connectivity index (χ0n) is 34.1. The molecule has 4 nitrogen and oxygen atoms in total. The first-order chi connectivity index (χ1) is 20.8. The van der Waals surface area contributed by atoms with E-state index in [1.807, 2.05) is 13.0 Å². The minimum atomic E-state index is -2.14. The first-order valence-electron chi connectivity index (χ1n) is 18.6. The summed E-state index contributed by atoms with van der Waals surface area (Å²) in [4.78, 5) is 12.0. The Kier molecular flexibility index (Phi) is 19.0. The molecule has 0 spiro atoms. The maximum Gasteiger partial charge on any atom is 0.200 e. The van der Waals surface area contributed by atoms with Crippen molar-refractivity contribution in [3.8, 4) is 0 Å². The van der Waals surface area contributed by atoms with E-state index in [2.05, 4.69) is 141 Å². The zero-order chi connectivity index (χ0) is 36.4. The Morgan fingerprint density at radius 2 is 1.20 bits per heavy atom. The highest BCUT2D eigenvalue weighted by atomic mass is 28.4. The zero-order valence-corrected chi connectivity index (χ0v) is 37.1. The fourth-order valence-corrected chi connectivity index (χ4v) is 15.8. The summed E-state index contributed by atoms with van der Waals surface area (Å²) in [5.41, 5.74) is 1.56. The van der Waals surface area contributed by atoms with Gasteiger partial charge in [-0.3, -0.25) is 0 Å². The molecule has 0 saturated heterocycles. The highest BCUT2D eigenvalue weighted by Crippen LogP contribution is 2.45. The Balaban J connectivity index is 6.50. The molecule has 0 unspecified atom stereocenters. The molecular formula is C39H80O4Si3.